The number of carbonyl (C=O) groups is 3. The van der Waals surface area contributed by atoms with E-state index in [9.17, 15) is 14.4 Å². The van der Waals surface area contributed by atoms with Gasteiger partial charge in [-0.25, -0.2) is 4.79 Å². The summed E-state index contributed by atoms with van der Waals surface area (Å²) >= 11 is 2.93. The first-order valence-electron chi connectivity index (χ1n) is 6.98. The number of hydrogen-bond acceptors (Lipinski definition) is 6. The minimum Gasteiger partial charge on any atom is -0.465 e. The van der Waals surface area contributed by atoms with Gasteiger partial charge in [0.05, 0.1) is 24.3 Å². The maximum absolute atomic E-state index is 12.1. The molecule has 2 heterocycles. The number of thioether (sulfide) groups is 1. The third-order valence-electron chi connectivity index (χ3n) is 3.72. The number of anilines is 1. The molecule has 6 nitrogen and oxygen atoms in total. The second kappa shape index (κ2) is 6.29. The first-order chi connectivity index (χ1) is 10.6. The fraction of sp³-hybridized carbons (Fsp3) is 0.500. The monoisotopic (exact) mass is 340 g/mol. The van der Waals surface area contributed by atoms with Crippen LogP contribution < -0.4 is 5.32 Å². The number of nitrogens with one attached hydrogen (secondary N) is 1. The predicted octanol–water partition coefficient (Wildman–Crippen LogP) is 1.49. The van der Waals surface area contributed by atoms with Gasteiger partial charge in [0, 0.05) is 4.88 Å². The van der Waals surface area contributed by atoms with E-state index in [0.717, 1.165) is 29.7 Å². The minimum atomic E-state index is -0.414. The number of nitrogens with zero attached hydrogens (tertiary/aromatic N) is 1. The number of methoxy groups -OCH3 is 1. The third-order valence-corrected chi connectivity index (χ3v) is 5.88. The van der Waals surface area contributed by atoms with Gasteiger partial charge in [-0.1, -0.05) is 0 Å². The van der Waals surface area contributed by atoms with Crippen molar-refractivity contribution in [2.45, 2.75) is 19.3 Å². The van der Waals surface area contributed by atoms with Gasteiger partial charge in [0.15, 0.2) is 0 Å². The van der Waals surface area contributed by atoms with Crippen LogP contribution >= 0.6 is 23.1 Å². The molecular formula is C14H16N2O4S2. The van der Waals surface area contributed by atoms with Gasteiger partial charge >= 0.3 is 5.97 Å². The molecule has 118 valence electrons. The number of aryl methyl sites for hydroxylation is 1. The number of ether oxygens (including phenoxy) is 1. The van der Waals surface area contributed by atoms with Gasteiger partial charge in [-0.3, -0.25) is 9.59 Å². The Morgan fingerprint density at radius 2 is 2.18 bits per heavy atom. The van der Waals surface area contributed by atoms with E-state index in [1.807, 2.05) is 0 Å². The molecule has 2 amide bonds. The largest absolute Gasteiger partial charge is 0.465 e. The summed E-state index contributed by atoms with van der Waals surface area (Å²) in [6.07, 6.45) is 2.80. The van der Waals surface area contributed by atoms with Crippen LogP contribution in [0.15, 0.2) is 0 Å². The van der Waals surface area contributed by atoms with E-state index < -0.39 is 5.97 Å². The standard InChI is InChI=1S/C14H16N2O4S2/c1-20-14(19)12-8-3-2-4-9(8)22-13(12)15-10(17)5-16-7-21-6-11(16)18/h2-7H2,1H3,(H,15,17). The molecule has 1 aromatic rings. The molecule has 0 unspecified atom stereocenters. The summed E-state index contributed by atoms with van der Waals surface area (Å²) in [5.74, 6) is 0.246. The van der Waals surface area contributed by atoms with Crippen molar-refractivity contribution in [2.75, 3.05) is 30.6 Å². The fourth-order valence-corrected chi connectivity index (χ4v) is 4.89. The molecule has 2 aliphatic rings. The van der Waals surface area contributed by atoms with Gasteiger partial charge in [0.1, 0.15) is 11.5 Å². The second-order valence-corrected chi connectivity index (χ2v) is 7.23. The van der Waals surface area contributed by atoms with Gasteiger partial charge in [0.2, 0.25) is 11.8 Å². The molecule has 0 atom stereocenters. The topological polar surface area (TPSA) is 75.7 Å². The molecular weight excluding hydrogens is 324 g/mol. The lowest BCUT2D eigenvalue weighted by Gasteiger charge is -2.14. The Labute approximate surface area is 136 Å². The van der Waals surface area contributed by atoms with Crippen molar-refractivity contribution >= 4 is 45.9 Å². The van der Waals surface area contributed by atoms with Crippen LogP contribution in [-0.2, 0) is 27.2 Å². The number of fused-ring (bicyclic) bond motifs is 1. The number of rotatable bonds is 4. The molecule has 1 N–H and O–H groups in total. The van der Waals surface area contributed by atoms with Crippen LogP contribution in [0.1, 0.15) is 27.2 Å². The Morgan fingerprint density at radius 3 is 2.86 bits per heavy atom. The van der Waals surface area contributed by atoms with Crippen LogP contribution in [0.2, 0.25) is 0 Å². The van der Waals surface area contributed by atoms with Crippen molar-refractivity contribution in [3.63, 3.8) is 0 Å². The van der Waals surface area contributed by atoms with Crippen LogP contribution in [0.4, 0.5) is 5.00 Å². The molecule has 1 saturated heterocycles. The lowest BCUT2D eigenvalue weighted by molar-refractivity contribution is -0.130. The number of thiophene rings is 1. The van der Waals surface area contributed by atoms with E-state index >= 15 is 0 Å². The molecule has 1 aliphatic carbocycles. The average molecular weight is 340 g/mol. The Morgan fingerprint density at radius 1 is 1.36 bits per heavy atom. The van der Waals surface area contributed by atoms with Gasteiger partial charge in [-0.2, -0.15) is 0 Å². The summed E-state index contributed by atoms with van der Waals surface area (Å²) in [6, 6.07) is 0. The predicted molar refractivity (Wildman–Crippen MR) is 85.4 cm³/mol. The van der Waals surface area contributed by atoms with Crippen molar-refractivity contribution in [2.24, 2.45) is 0 Å². The van der Waals surface area contributed by atoms with Gasteiger partial charge in [0.25, 0.3) is 0 Å². The van der Waals surface area contributed by atoms with E-state index in [1.54, 1.807) is 0 Å². The van der Waals surface area contributed by atoms with Crippen LogP contribution in [0.3, 0.4) is 0 Å². The third kappa shape index (κ3) is 2.85. The summed E-state index contributed by atoms with van der Waals surface area (Å²) in [5.41, 5.74) is 1.48. The zero-order valence-corrected chi connectivity index (χ0v) is 13.8. The van der Waals surface area contributed by atoms with E-state index in [4.69, 9.17) is 4.74 Å². The molecule has 0 radical (unpaired) electrons. The van der Waals surface area contributed by atoms with Crippen molar-refractivity contribution in [1.82, 2.24) is 4.90 Å². The number of hydrogen-bond donors (Lipinski definition) is 1. The molecule has 1 aromatic heterocycles. The maximum Gasteiger partial charge on any atom is 0.341 e. The number of amides is 2. The zero-order chi connectivity index (χ0) is 15.7. The Bertz CT molecular complexity index is 641. The Hall–Kier alpha value is -1.54. The van der Waals surface area contributed by atoms with Crippen LogP contribution in [0.25, 0.3) is 0 Å². The lowest BCUT2D eigenvalue weighted by atomic mass is 10.1. The maximum atomic E-state index is 12.1. The highest BCUT2D eigenvalue weighted by atomic mass is 32.2. The molecule has 8 heteroatoms. The molecule has 0 aromatic carbocycles. The normalized spacial score (nSPS) is 16.8. The molecule has 0 saturated carbocycles. The molecule has 3 rings (SSSR count). The quantitative estimate of drug-likeness (QED) is 0.841. The first kappa shape index (κ1) is 15.4. The van der Waals surface area contributed by atoms with Crippen LogP contribution in [0, 0.1) is 0 Å². The smallest absolute Gasteiger partial charge is 0.341 e. The highest BCUT2D eigenvalue weighted by molar-refractivity contribution is 8.00. The van der Waals surface area contributed by atoms with Gasteiger partial charge in [-0.05, 0) is 24.8 Å². The van der Waals surface area contributed by atoms with Crippen LogP contribution in [-0.4, -0.2) is 48.0 Å². The molecule has 22 heavy (non-hydrogen) atoms. The van der Waals surface area contributed by atoms with Crippen molar-refractivity contribution in [1.29, 1.82) is 0 Å². The van der Waals surface area contributed by atoms with E-state index in [0.29, 0.717) is 22.2 Å². The highest BCUT2D eigenvalue weighted by Gasteiger charge is 2.29. The second-order valence-electron chi connectivity index (χ2n) is 5.17. The Kier molecular flexibility index (Phi) is 4.39. The minimum absolute atomic E-state index is 0.0228. The summed E-state index contributed by atoms with van der Waals surface area (Å²) in [6.45, 7) is 0.0228. The lowest BCUT2D eigenvalue weighted by Crippen LogP contribution is -2.34. The van der Waals surface area contributed by atoms with Gasteiger partial charge in [-0.15, -0.1) is 23.1 Å². The average Bonchev–Trinajstić information content (AvgIpc) is 3.15. The summed E-state index contributed by atoms with van der Waals surface area (Å²) < 4.78 is 4.84. The fourth-order valence-electron chi connectivity index (χ4n) is 2.69. The first-order valence-corrected chi connectivity index (χ1v) is 8.95. The van der Waals surface area contributed by atoms with E-state index in [2.05, 4.69) is 5.32 Å². The summed E-state index contributed by atoms with van der Waals surface area (Å²) in [7, 11) is 1.34. The summed E-state index contributed by atoms with van der Waals surface area (Å²) in [4.78, 5) is 38.3. The van der Waals surface area contributed by atoms with Crippen molar-refractivity contribution < 1.29 is 19.1 Å². The van der Waals surface area contributed by atoms with Gasteiger partial charge < -0.3 is 15.0 Å². The van der Waals surface area contributed by atoms with E-state index in [1.165, 1.54) is 35.1 Å². The Balaban J connectivity index is 1.76. The number of carbonyl (C=O) groups excluding carboxylic acids is 3. The zero-order valence-electron chi connectivity index (χ0n) is 12.1. The molecule has 0 spiro atoms. The van der Waals surface area contributed by atoms with E-state index in [-0.39, 0.29) is 18.4 Å². The van der Waals surface area contributed by atoms with Crippen molar-refractivity contribution in [3.8, 4) is 0 Å². The summed E-state index contributed by atoms with van der Waals surface area (Å²) in [5, 5.41) is 3.32. The van der Waals surface area contributed by atoms with Crippen LogP contribution in [0.5, 0.6) is 0 Å². The molecule has 0 bridgehead atoms. The molecule has 1 fully saturated rings. The highest BCUT2D eigenvalue weighted by Crippen LogP contribution is 2.39. The number of esters is 1. The van der Waals surface area contributed by atoms with Crippen molar-refractivity contribution in [3.05, 3.63) is 16.0 Å². The SMILES string of the molecule is COC(=O)c1c(NC(=O)CN2CSCC2=O)sc2c1CCC2. The molecule has 1 aliphatic heterocycles.